The van der Waals surface area contributed by atoms with E-state index in [4.69, 9.17) is 5.73 Å². The van der Waals surface area contributed by atoms with Crippen molar-refractivity contribution in [3.63, 3.8) is 0 Å². The fourth-order valence-corrected chi connectivity index (χ4v) is 3.25. The number of hydrogen-bond acceptors (Lipinski definition) is 3. The third-order valence-electron chi connectivity index (χ3n) is 4.31. The van der Waals surface area contributed by atoms with Gasteiger partial charge in [0, 0.05) is 31.2 Å². The molecule has 0 heterocycles. The standard InChI is InChI=1S/C15H33N3/c1-12(2)18(13(3)4)10-9-17-15-8-6-5-7-14(15)11-16/h12-15,17H,5-11,16H2,1-4H3. The van der Waals surface area contributed by atoms with E-state index in [0.29, 0.717) is 24.0 Å². The first-order chi connectivity index (χ1) is 8.56. The van der Waals surface area contributed by atoms with Gasteiger partial charge in [-0.2, -0.15) is 0 Å². The minimum absolute atomic E-state index is 0.628. The van der Waals surface area contributed by atoms with Crippen molar-refractivity contribution in [3.05, 3.63) is 0 Å². The number of hydrogen-bond donors (Lipinski definition) is 2. The lowest BCUT2D eigenvalue weighted by atomic mass is 9.84. The molecule has 0 bridgehead atoms. The zero-order chi connectivity index (χ0) is 13.5. The summed E-state index contributed by atoms with van der Waals surface area (Å²) >= 11 is 0. The first-order valence-corrected chi connectivity index (χ1v) is 7.75. The minimum Gasteiger partial charge on any atom is -0.330 e. The molecule has 18 heavy (non-hydrogen) atoms. The van der Waals surface area contributed by atoms with Crippen LogP contribution in [0.5, 0.6) is 0 Å². The maximum absolute atomic E-state index is 5.87. The second-order valence-electron chi connectivity index (χ2n) is 6.27. The molecule has 0 aromatic rings. The molecule has 2 atom stereocenters. The molecule has 2 unspecified atom stereocenters. The summed E-state index contributed by atoms with van der Waals surface area (Å²) < 4.78 is 0. The summed E-state index contributed by atoms with van der Waals surface area (Å²) in [4.78, 5) is 2.55. The smallest absolute Gasteiger partial charge is 0.0112 e. The molecule has 0 aliphatic heterocycles. The van der Waals surface area contributed by atoms with E-state index in [1.807, 2.05) is 0 Å². The lowest BCUT2D eigenvalue weighted by molar-refractivity contribution is 0.167. The van der Waals surface area contributed by atoms with Crippen LogP contribution in [-0.4, -0.2) is 42.7 Å². The SMILES string of the molecule is CC(C)N(CCNC1CCCCC1CN)C(C)C. The zero-order valence-corrected chi connectivity index (χ0v) is 12.8. The molecular formula is C15H33N3. The number of nitrogens with one attached hydrogen (secondary N) is 1. The Morgan fingerprint density at radius 3 is 2.28 bits per heavy atom. The Kier molecular flexibility index (Phi) is 7.20. The van der Waals surface area contributed by atoms with E-state index in [-0.39, 0.29) is 0 Å². The maximum atomic E-state index is 5.87. The zero-order valence-electron chi connectivity index (χ0n) is 12.8. The quantitative estimate of drug-likeness (QED) is 0.733. The lowest BCUT2D eigenvalue weighted by Gasteiger charge is -2.34. The van der Waals surface area contributed by atoms with E-state index in [9.17, 15) is 0 Å². The van der Waals surface area contributed by atoms with E-state index in [0.717, 1.165) is 19.6 Å². The molecule has 0 amide bonds. The molecule has 108 valence electrons. The molecule has 1 saturated carbocycles. The molecule has 1 aliphatic carbocycles. The molecule has 1 fully saturated rings. The summed E-state index contributed by atoms with van der Waals surface area (Å²) in [5, 5.41) is 3.74. The molecule has 0 spiro atoms. The highest BCUT2D eigenvalue weighted by molar-refractivity contribution is 4.82. The van der Waals surface area contributed by atoms with Gasteiger partial charge in [0.1, 0.15) is 0 Å². The largest absolute Gasteiger partial charge is 0.330 e. The Labute approximate surface area is 113 Å². The van der Waals surface area contributed by atoms with Gasteiger partial charge < -0.3 is 11.1 Å². The van der Waals surface area contributed by atoms with Crippen molar-refractivity contribution >= 4 is 0 Å². The lowest BCUT2D eigenvalue weighted by Crippen LogP contribution is -2.47. The Balaban J connectivity index is 2.30. The van der Waals surface area contributed by atoms with Gasteiger partial charge in [0.05, 0.1) is 0 Å². The Hall–Kier alpha value is -0.120. The predicted octanol–water partition coefficient (Wildman–Crippen LogP) is 2.21. The maximum Gasteiger partial charge on any atom is 0.0112 e. The van der Waals surface area contributed by atoms with Crippen LogP contribution >= 0.6 is 0 Å². The fourth-order valence-electron chi connectivity index (χ4n) is 3.25. The van der Waals surface area contributed by atoms with Crippen molar-refractivity contribution in [1.82, 2.24) is 10.2 Å². The average Bonchev–Trinajstić information content (AvgIpc) is 2.34. The summed E-state index contributed by atoms with van der Waals surface area (Å²) in [6, 6.07) is 1.91. The van der Waals surface area contributed by atoms with E-state index < -0.39 is 0 Å². The van der Waals surface area contributed by atoms with Crippen LogP contribution in [0.15, 0.2) is 0 Å². The highest BCUT2D eigenvalue weighted by Crippen LogP contribution is 2.23. The number of rotatable bonds is 7. The van der Waals surface area contributed by atoms with Crippen molar-refractivity contribution in [2.45, 2.75) is 71.5 Å². The second kappa shape index (κ2) is 8.13. The fraction of sp³-hybridized carbons (Fsp3) is 1.00. The number of nitrogens with zero attached hydrogens (tertiary/aromatic N) is 1. The monoisotopic (exact) mass is 255 g/mol. The highest BCUT2D eigenvalue weighted by atomic mass is 15.2. The van der Waals surface area contributed by atoms with Crippen LogP contribution in [0, 0.1) is 5.92 Å². The first-order valence-electron chi connectivity index (χ1n) is 7.75. The van der Waals surface area contributed by atoms with Gasteiger partial charge >= 0.3 is 0 Å². The van der Waals surface area contributed by atoms with Gasteiger partial charge in [-0.1, -0.05) is 12.8 Å². The topological polar surface area (TPSA) is 41.3 Å². The molecule has 3 nitrogen and oxygen atoms in total. The third-order valence-corrected chi connectivity index (χ3v) is 4.31. The van der Waals surface area contributed by atoms with E-state index in [1.54, 1.807) is 0 Å². The van der Waals surface area contributed by atoms with Crippen molar-refractivity contribution in [2.24, 2.45) is 11.7 Å². The summed E-state index contributed by atoms with van der Waals surface area (Å²) in [5.74, 6) is 0.699. The van der Waals surface area contributed by atoms with Gasteiger partial charge in [-0.05, 0) is 53.0 Å². The van der Waals surface area contributed by atoms with Crippen LogP contribution in [0.1, 0.15) is 53.4 Å². The van der Waals surface area contributed by atoms with Gasteiger partial charge in [-0.3, -0.25) is 4.90 Å². The van der Waals surface area contributed by atoms with Crippen LogP contribution in [0.3, 0.4) is 0 Å². The summed E-state index contributed by atoms with van der Waals surface area (Å²) in [6.07, 6.45) is 5.36. The van der Waals surface area contributed by atoms with Crippen LogP contribution in [0.4, 0.5) is 0 Å². The Morgan fingerprint density at radius 1 is 1.11 bits per heavy atom. The van der Waals surface area contributed by atoms with Crippen LogP contribution < -0.4 is 11.1 Å². The highest BCUT2D eigenvalue weighted by Gasteiger charge is 2.23. The Morgan fingerprint density at radius 2 is 1.72 bits per heavy atom. The normalized spacial score (nSPS) is 25.3. The average molecular weight is 255 g/mol. The third kappa shape index (κ3) is 4.87. The van der Waals surface area contributed by atoms with Crippen molar-refractivity contribution in [2.75, 3.05) is 19.6 Å². The van der Waals surface area contributed by atoms with Crippen LogP contribution in [-0.2, 0) is 0 Å². The van der Waals surface area contributed by atoms with E-state index in [1.165, 1.54) is 25.7 Å². The van der Waals surface area contributed by atoms with Gasteiger partial charge in [0.15, 0.2) is 0 Å². The molecule has 0 aromatic heterocycles. The molecule has 0 radical (unpaired) electrons. The van der Waals surface area contributed by atoms with Crippen molar-refractivity contribution < 1.29 is 0 Å². The Bertz CT molecular complexity index is 208. The molecule has 0 aromatic carbocycles. The van der Waals surface area contributed by atoms with Gasteiger partial charge in [0.25, 0.3) is 0 Å². The predicted molar refractivity (Wildman–Crippen MR) is 79.8 cm³/mol. The number of nitrogens with two attached hydrogens (primary N) is 1. The van der Waals surface area contributed by atoms with E-state index >= 15 is 0 Å². The molecule has 3 N–H and O–H groups in total. The first kappa shape index (κ1) is 15.9. The van der Waals surface area contributed by atoms with Crippen molar-refractivity contribution in [3.8, 4) is 0 Å². The summed E-state index contributed by atoms with van der Waals surface area (Å²) in [5.41, 5.74) is 5.87. The van der Waals surface area contributed by atoms with Gasteiger partial charge in [-0.15, -0.1) is 0 Å². The summed E-state index contributed by atoms with van der Waals surface area (Å²) in [7, 11) is 0. The molecule has 1 aliphatic rings. The van der Waals surface area contributed by atoms with Crippen LogP contribution in [0.25, 0.3) is 0 Å². The summed E-state index contributed by atoms with van der Waals surface area (Å²) in [6.45, 7) is 12.2. The molecular weight excluding hydrogens is 222 g/mol. The van der Waals surface area contributed by atoms with E-state index in [2.05, 4.69) is 37.9 Å². The van der Waals surface area contributed by atoms with Gasteiger partial charge in [0.2, 0.25) is 0 Å². The van der Waals surface area contributed by atoms with Crippen LogP contribution in [0.2, 0.25) is 0 Å². The van der Waals surface area contributed by atoms with Gasteiger partial charge in [-0.25, -0.2) is 0 Å². The molecule has 3 heteroatoms. The minimum atomic E-state index is 0.628. The van der Waals surface area contributed by atoms with Crippen molar-refractivity contribution in [1.29, 1.82) is 0 Å². The molecule has 0 saturated heterocycles. The molecule has 1 rings (SSSR count). The second-order valence-corrected chi connectivity index (χ2v) is 6.27.